The molecule has 18 heavy (non-hydrogen) atoms. The van der Waals surface area contributed by atoms with Crippen molar-refractivity contribution in [3.8, 4) is 0 Å². The largest absolute Gasteiger partial charge is 0.327 e. The Hall–Kier alpha value is -0.960. The van der Waals surface area contributed by atoms with Gasteiger partial charge in [0.1, 0.15) is 5.28 Å². The van der Waals surface area contributed by atoms with Gasteiger partial charge in [-0.05, 0) is 25.5 Å². The first-order valence-corrected chi connectivity index (χ1v) is 7.92. The third-order valence-electron chi connectivity index (χ3n) is 3.38. The van der Waals surface area contributed by atoms with Crippen LogP contribution < -0.4 is 5.73 Å². The molecule has 1 heterocycles. The van der Waals surface area contributed by atoms with E-state index in [4.69, 9.17) is 10.3 Å². The summed E-state index contributed by atoms with van der Waals surface area (Å²) in [5.74, 6) is 0.0820. The molecule has 1 aromatic heterocycles. The average Bonchev–Trinajstić information content (AvgIpc) is 3.04. The van der Waals surface area contributed by atoms with Gasteiger partial charge in [-0.25, -0.2) is 0 Å². The topological polar surface area (TPSA) is 65.2 Å². The molecule has 2 rings (SSSR count). The van der Waals surface area contributed by atoms with Gasteiger partial charge < -0.3 is 10.3 Å². The highest BCUT2D eigenvalue weighted by Crippen LogP contribution is 2.71. The van der Waals surface area contributed by atoms with E-state index < -0.39 is 12.6 Å². The first kappa shape index (κ1) is 13.5. The Balaban J connectivity index is 2.23. The van der Waals surface area contributed by atoms with Crippen LogP contribution in [0, 0.1) is 5.92 Å². The van der Waals surface area contributed by atoms with Crippen molar-refractivity contribution >= 4 is 7.37 Å². The Morgan fingerprint density at radius 2 is 2.50 bits per heavy atom. The molecule has 1 fully saturated rings. The molecule has 0 spiro atoms. The number of hydrogen-bond donors (Lipinski definition) is 1. The van der Waals surface area contributed by atoms with Crippen molar-refractivity contribution in [1.82, 2.24) is 4.98 Å². The van der Waals surface area contributed by atoms with Gasteiger partial charge in [0.05, 0.1) is 12.8 Å². The lowest BCUT2D eigenvalue weighted by Crippen LogP contribution is -2.27. The number of nitrogens with zero attached hydrogens (tertiary/aromatic N) is 1. The summed E-state index contributed by atoms with van der Waals surface area (Å²) in [4.78, 5) is 4.20. The molecule has 3 atom stereocenters. The Kier molecular flexibility index (Phi) is 3.71. The summed E-state index contributed by atoms with van der Waals surface area (Å²) < 4.78 is 18.5. The van der Waals surface area contributed by atoms with Crippen molar-refractivity contribution < 1.29 is 9.09 Å². The summed E-state index contributed by atoms with van der Waals surface area (Å²) in [6.07, 6.45) is 4.43. The van der Waals surface area contributed by atoms with Gasteiger partial charge in [-0.3, -0.25) is 9.55 Å². The molecule has 1 aromatic rings. The predicted octanol–water partition coefficient (Wildman–Crippen LogP) is 2.76. The molecular weight excluding hydrogens is 247 g/mol. The van der Waals surface area contributed by atoms with Crippen molar-refractivity contribution in [2.24, 2.45) is 11.7 Å². The van der Waals surface area contributed by atoms with Crippen molar-refractivity contribution in [3.63, 3.8) is 0 Å². The summed E-state index contributed by atoms with van der Waals surface area (Å²) >= 11 is 0. The Morgan fingerprint density at radius 1 is 1.72 bits per heavy atom. The second-order valence-electron chi connectivity index (χ2n) is 4.61. The summed E-state index contributed by atoms with van der Waals surface area (Å²) in [6.45, 7) is 5.96. The molecule has 0 unspecified atom stereocenters. The normalized spacial score (nSPS) is 29.6. The molecule has 0 aliphatic heterocycles. The highest BCUT2D eigenvalue weighted by atomic mass is 31.2. The van der Waals surface area contributed by atoms with Gasteiger partial charge in [0.2, 0.25) is 7.37 Å². The lowest BCUT2D eigenvalue weighted by molar-refractivity contribution is 0.320. The maximum Gasteiger partial charge on any atom is 0.228 e. The highest BCUT2D eigenvalue weighted by molar-refractivity contribution is 7.60. The fourth-order valence-electron chi connectivity index (χ4n) is 2.20. The van der Waals surface area contributed by atoms with Gasteiger partial charge in [0.15, 0.2) is 0 Å². The third kappa shape index (κ3) is 2.28. The molecule has 0 radical (unpaired) electrons. The van der Waals surface area contributed by atoms with E-state index in [-0.39, 0.29) is 5.92 Å². The quantitative estimate of drug-likeness (QED) is 0.635. The van der Waals surface area contributed by atoms with E-state index >= 15 is 0 Å². The fraction of sp³-hybridized carbons (Fsp3) is 0.462. The van der Waals surface area contributed by atoms with E-state index in [1.807, 2.05) is 25.1 Å². The molecule has 2 N–H and O–H groups in total. The van der Waals surface area contributed by atoms with Gasteiger partial charge in [0.25, 0.3) is 0 Å². The summed E-state index contributed by atoms with van der Waals surface area (Å²) in [7, 11) is -2.94. The van der Waals surface area contributed by atoms with E-state index in [1.165, 1.54) is 0 Å². The van der Waals surface area contributed by atoms with Crippen LogP contribution >= 0.6 is 7.37 Å². The van der Waals surface area contributed by atoms with E-state index in [0.29, 0.717) is 19.2 Å². The third-order valence-corrected chi connectivity index (χ3v) is 6.58. The van der Waals surface area contributed by atoms with Crippen molar-refractivity contribution in [1.29, 1.82) is 0 Å². The van der Waals surface area contributed by atoms with Crippen LogP contribution in [0.1, 0.15) is 19.0 Å². The van der Waals surface area contributed by atoms with Crippen LogP contribution in [0.25, 0.3) is 0 Å². The molecule has 1 aliphatic carbocycles. The minimum absolute atomic E-state index is 0.0820. The van der Waals surface area contributed by atoms with Gasteiger partial charge in [0, 0.05) is 17.8 Å². The van der Waals surface area contributed by atoms with Crippen LogP contribution in [-0.4, -0.2) is 16.9 Å². The maximum atomic E-state index is 13.0. The second kappa shape index (κ2) is 4.96. The number of hydrogen-bond acceptors (Lipinski definition) is 4. The number of rotatable bonds is 6. The van der Waals surface area contributed by atoms with Gasteiger partial charge in [-0.1, -0.05) is 12.1 Å². The van der Waals surface area contributed by atoms with Gasteiger partial charge >= 0.3 is 0 Å². The van der Waals surface area contributed by atoms with E-state index in [2.05, 4.69) is 11.6 Å². The Morgan fingerprint density at radius 3 is 3.00 bits per heavy atom. The van der Waals surface area contributed by atoms with Crippen LogP contribution in [0.2, 0.25) is 0 Å². The molecule has 98 valence electrons. The van der Waals surface area contributed by atoms with Crippen LogP contribution in [0.5, 0.6) is 0 Å². The molecule has 0 aromatic carbocycles. The highest BCUT2D eigenvalue weighted by Gasteiger charge is 2.62. The smallest absolute Gasteiger partial charge is 0.228 e. The molecule has 0 bridgehead atoms. The van der Waals surface area contributed by atoms with E-state index in [9.17, 15) is 4.57 Å². The molecular formula is C13H19N2O2P. The van der Waals surface area contributed by atoms with Crippen LogP contribution in [0.3, 0.4) is 0 Å². The van der Waals surface area contributed by atoms with E-state index in [0.717, 1.165) is 5.69 Å². The lowest BCUT2D eigenvalue weighted by Gasteiger charge is -2.24. The average molecular weight is 266 g/mol. The standard InChI is InChI=1S/C13H19N2O2P/c1-3-11-9-13(11,14)18(16,17-4-2)10-12-7-5-6-8-15-12/h3,5-8,11H,1,4,9-10,14H2,2H3/t11-,13+,18+/m1/s1. The molecule has 1 aliphatic rings. The second-order valence-corrected chi connectivity index (χ2v) is 7.36. The maximum absolute atomic E-state index is 13.0. The Labute approximate surface area is 108 Å². The van der Waals surface area contributed by atoms with Crippen LogP contribution in [-0.2, 0) is 15.3 Å². The monoisotopic (exact) mass is 266 g/mol. The van der Waals surface area contributed by atoms with Crippen LogP contribution in [0.15, 0.2) is 37.1 Å². The van der Waals surface area contributed by atoms with Crippen molar-refractivity contribution in [2.75, 3.05) is 6.61 Å². The number of pyridine rings is 1. The van der Waals surface area contributed by atoms with Crippen molar-refractivity contribution in [2.45, 2.75) is 24.8 Å². The number of nitrogens with two attached hydrogens (primary N) is 1. The zero-order chi connectivity index (χ0) is 13.2. The minimum Gasteiger partial charge on any atom is -0.327 e. The molecule has 1 saturated carbocycles. The summed E-state index contributed by atoms with van der Waals surface area (Å²) in [5, 5.41) is -0.748. The first-order valence-electron chi connectivity index (χ1n) is 6.11. The van der Waals surface area contributed by atoms with Gasteiger partial charge in [-0.2, -0.15) is 0 Å². The molecule has 0 saturated heterocycles. The van der Waals surface area contributed by atoms with Gasteiger partial charge in [-0.15, -0.1) is 6.58 Å². The lowest BCUT2D eigenvalue weighted by atomic mass is 10.4. The SMILES string of the molecule is C=C[C@@H]1C[C@]1(N)[P@](=O)(Cc1ccccn1)OCC. The predicted molar refractivity (Wildman–Crippen MR) is 72.4 cm³/mol. The molecule has 0 amide bonds. The summed E-state index contributed by atoms with van der Waals surface area (Å²) in [5.41, 5.74) is 6.98. The summed E-state index contributed by atoms with van der Waals surface area (Å²) in [6, 6.07) is 5.55. The zero-order valence-electron chi connectivity index (χ0n) is 10.6. The molecule has 5 heteroatoms. The van der Waals surface area contributed by atoms with Crippen LogP contribution in [0.4, 0.5) is 0 Å². The fourth-order valence-corrected chi connectivity index (χ4v) is 4.94. The number of aromatic nitrogens is 1. The zero-order valence-corrected chi connectivity index (χ0v) is 11.5. The first-order chi connectivity index (χ1) is 8.55. The Bertz CT molecular complexity index is 477. The van der Waals surface area contributed by atoms with Crippen molar-refractivity contribution in [3.05, 3.63) is 42.7 Å². The minimum atomic E-state index is -2.94. The molecule has 4 nitrogen and oxygen atoms in total. The van der Waals surface area contributed by atoms with E-state index in [1.54, 1.807) is 12.3 Å².